The predicted octanol–water partition coefficient (Wildman–Crippen LogP) is 2.88. The quantitative estimate of drug-likeness (QED) is 0.879. The Labute approximate surface area is 107 Å². The number of rotatable bonds is 5. The molecule has 0 bridgehead atoms. The number of thiazole rings is 1. The number of nitrogens with zero attached hydrogens (tertiary/aromatic N) is 1. The third kappa shape index (κ3) is 3.76. The van der Waals surface area contributed by atoms with Crippen molar-refractivity contribution in [1.82, 2.24) is 4.98 Å². The van der Waals surface area contributed by atoms with Crippen LogP contribution in [0.5, 0.6) is 0 Å². The third-order valence-corrected chi connectivity index (χ3v) is 4.43. The van der Waals surface area contributed by atoms with Crippen molar-refractivity contribution < 1.29 is 4.74 Å². The number of ether oxygens (including phenoxy) is 1. The molecule has 0 saturated heterocycles. The number of hydrogen-bond donors (Lipinski definition) is 1. The highest BCUT2D eigenvalue weighted by molar-refractivity contribution is 7.09. The molecule has 2 rings (SSSR count). The van der Waals surface area contributed by atoms with E-state index in [1.807, 2.05) is 0 Å². The molecule has 3 nitrogen and oxygen atoms in total. The Morgan fingerprint density at radius 1 is 1.41 bits per heavy atom. The summed E-state index contributed by atoms with van der Waals surface area (Å²) in [5.74, 6) is 0. The zero-order valence-electron chi connectivity index (χ0n) is 10.6. The maximum absolute atomic E-state index is 6.31. The van der Waals surface area contributed by atoms with Crippen LogP contribution >= 0.6 is 11.3 Å². The molecule has 0 spiro atoms. The smallest absolute Gasteiger partial charge is 0.0926 e. The van der Waals surface area contributed by atoms with E-state index in [1.54, 1.807) is 11.3 Å². The van der Waals surface area contributed by atoms with Crippen molar-refractivity contribution in [2.45, 2.75) is 57.6 Å². The summed E-state index contributed by atoms with van der Waals surface area (Å²) < 4.78 is 5.74. The zero-order chi connectivity index (χ0) is 12.1. The molecule has 2 N–H and O–H groups in total. The van der Waals surface area contributed by atoms with Gasteiger partial charge in [0.25, 0.3) is 0 Å². The second kappa shape index (κ2) is 5.94. The lowest BCUT2D eigenvalue weighted by atomic mass is 9.83. The van der Waals surface area contributed by atoms with Crippen LogP contribution in [0.3, 0.4) is 0 Å². The molecule has 0 atom stereocenters. The second-order valence-electron chi connectivity index (χ2n) is 5.00. The Kier molecular flexibility index (Phi) is 4.54. The number of aryl methyl sites for hydroxylation is 1. The van der Waals surface area contributed by atoms with Crippen LogP contribution in [-0.2, 0) is 17.8 Å². The maximum Gasteiger partial charge on any atom is 0.0926 e. The van der Waals surface area contributed by atoms with Crippen molar-refractivity contribution in [2.24, 2.45) is 5.73 Å². The van der Waals surface area contributed by atoms with Crippen LogP contribution in [0, 0.1) is 0 Å². The molecule has 1 aromatic rings. The van der Waals surface area contributed by atoms with Crippen molar-refractivity contribution in [3.8, 4) is 0 Å². The maximum atomic E-state index is 6.31. The van der Waals surface area contributed by atoms with E-state index in [-0.39, 0.29) is 5.54 Å². The van der Waals surface area contributed by atoms with E-state index in [2.05, 4.69) is 17.3 Å². The summed E-state index contributed by atoms with van der Waals surface area (Å²) in [6, 6.07) is 0. The van der Waals surface area contributed by atoms with Gasteiger partial charge in [-0.25, -0.2) is 4.98 Å². The summed E-state index contributed by atoms with van der Waals surface area (Å²) in [5.41, 5.74) is 7.28. The van der Waals surface area contributed by atoms with Gasteiger partial charge in [-0.3, -0.25) is 0 Å². The molecule has 1 aromatic heterocycles. The van der Waals surface area contributed by atoms with E-state index in [9.17, 15) is 0 Å². The van der Waals surface area contributed by atoms with Gasteiger partial charge in [0, 0.05) is 10.9 Å². The highest BCUT2D eigenvalue weighted by atomic mass is 32.1. The highest BCUT2D eigenvalue weighted by Crippen LogP contribution is 2.26. The molecule has 96 valence electrons. The van der Waals surface area contributed by atoms with Crippen molar-refractivity contribution >= 4 is 11.3 Å². The van der Waals surface area contributed by atoms with Crippen LogP contribution in [0.15, 0.2) is 5.38 Å². The lowest BCUT2D eigenvalue weighted by Crippen LogP contribution is -2.46. The topological polar surface area (TPSA) is 48.1 Å². The van der Waals surface area contributed by atoms with Crippen molar-refractivity contribution in [1.29, 1.82) is 0 Å². The SMILES string of the molecule is CCc1nc(COCC2(N)CCCCC2)cs1. The van der Waals surface area contributed by atoms with Gasteiger partial charge in [0.1, 0.15) is 0 Å². The average Bonchev–Trinajstić information content (AvgIpc) is 2.78. The van der Waals surface area contributed by atoms with Gasteiger partial charge in [-0.1, -0.05) is 26.2 Å². The second-order valence-corrected chi connectivity index (χ2v) is 5.94. The van der Waals surface area contributed by atoms with Crippen LogP contribution < -0.4 is 5.73 Å². The number of nitrogens with two attached hydrogens (primary N) is 1. The Balaban J connectivity index is 1.74. The fraction of sp³-hybridized carbons (Fsp3) is 0.769. The molecule has 0 radical (unpaired) electrons. The van der Waals surface area contributed by atoms with Gasteiger partial charge in [0.05, 0.1) is 23.9 Å². The van der Waals surface area contributed by atoms with Crippen LogP contribution in [0.1, 0.15) is 49.7 Å². The monoisotopic (exact) mass is 254 g/mol. The zero-order valence-corrected chi connectivity index (χ0v) is 11.4. The first-order chi connectivity index (χ1) is 8.22. The lowest BCUT2D eigenvalue weighted by molar-refractivity contribution is 0.0560. The molecule has 0 unspecified atom stereocenters. The Bertz CT molecular complexity index is 345. The molecule has 0 amide bonds. The van der Waals surface area contributed by atoms with E-state index >= 15 is 0 Å². The van der Waals surface area contributed by atoms with Gasteiger partial charge in [-0.05, 0) is 19.3 Å². The van der Waals surface area contributed by atoms with Gasteiger partial charge in [0.2, 0.25) is 0 Å². The van der Waals surface area contributed by atoms with Gasteiger partial charge in [-0.2, -0.15) is 0 Å². The summed E-state index contributed by atoms with van der Waals surface area (Å²) in [4.78, 5) is 4.49. The molecule has 0 aliphatic heterocycles. The van der Waals surface area contributed by atoms with E-state index in [0.717, 1.165) is 25.0 Å². The predicted molar refractivity (Wildman–Crippen MR) is 71.2 cm³/mol. The summed E-state index contributed by atoms with van der Waals surface area (Å²) in [7, 11) is 0. The molecule has 1 aliphatic carbocycles. The fourth-order valence-corrected chi connectivity index (χ4v) is 3.07. The van der Waals surface area contributed by atoms with Crippen molar-refractivity contribution in [3.63, 3.8) is 0 Å². The first-order valence-electron chi connectivity index (χ1n) is 6.52. The van der Waals surface area contributed by atoms with E-state index < -0.39 is 0 Å². The lowest BCUT2D eigenvalue weighted by Gasteiger charge is -2.32. The van der Waals surface area contributed by atoms with Crippen LogP contribution in [-0.4, -0.2) is 17.1 Å². The van der Waals surface area contributed by atoms with Crippen LogP contribution in [0.2, 0.25) is 0 Å². The van der Waals surface area contributed by atoms with Crippen molar-refractivity contribution in [2.75, 3.05) is 6.61 Å². The largest absolute Gasteiger partial charge is 0.373 e. The van der Waals surface area contributed by atoms with Gasteiger partial charge in [0.15, 0.2) is 0 Å². The molecular weight excluding hydrogens is 232 g/mol. The molecule has 0 aromatic carbocycles. The molecule has 1 saturated carbocycles. The summed E-state index contributed by atoms with van der Waals surface area (Å²) >= 11 is 1.71. The third-order valence-electron chi connectivity index (χ3n) is 3.39. The van der Waals surface area contributed by atoms with Gasteiger partial charge >= 0.3 is 0 Å². The number of hydrogen-bond acceptors (Lipinski definition) is 4. The first-order valence-corrected chi connectivity index (χ1v) is 7.40. The fourth-order valence-electron chi connectivity index (χ4n) is 2.34. The van der Waals surface area contributed by atoms with E-state index in [4.69, 9.17) is 10.5 Å². The Morgan fingerprint density at radius 3 is 2.82 bits per heavy atom. The van der Waals surface area contributed by atoms with Crippen molar-refractivity contribution in [3.05, 3.63) is 16.1 Å². The standard InChI is InChI=1S/C13H22N2OS/c1-2-12-15-11(9-17-12)8-16-10-13(14)6-4-3-5-7-13/h9H,2-8,10,14H2,1H3. The van der Waals surface area contributed by atoms with E-state index in [0.29, 0.717) is 13.2 Å². The summed E-state index contributed by atoms with van der Waals surface area (Å²) in [6.07, 6.45) is 7.03. The Hall–Kier alpha value is -0.450. The Morgan fingerprint density at radius 2 is 2.18 bits per heavy atom. The normalized spacial score (nSPS) is 19.4. The average molecular weight is 254 g/mol. The minimum absolute atomic E-state index is 0.0815. The minimum atomic E-state index is -0.0815. The molecule has 1 heterocycles. The van der Waals surface area contributed by atoms with Crippen LogP contribution in [0.25, 0.3) is 0 Å². The molecule has 17 heavy (non-hydrogen) atoms. The minimum Gasteiger partial charge on any atom is -0.373 e. The molecular formula is C13H22N2OS. The summed E-state index contributed by atoms with van der Waals surface area (Å²) in [6.45, 7) is 3.40. The molecule has 1 fully saturated rings. The van der Waals surface area contributed by atoms with Gasteiger partial charge < -0.3 is 10.5 Å². The number of aromatic nitrogens is 1. The first kappa shape index (κ1) is 13.0. The van der Waals surface area contributed by atoms with E-state index in [1.165, 1.54) is 24.3 Å². The van der Waals surface area contributed by atoms with Gasteiger partial charge in [-0.15, -0.1) is 11.3 Å². The molecule has 1 aliphatic rings. The highest BCUT2D eigenvalue weighted by Gasteiger charge is 2.27. The summed E-state index contributed by atoms with van der Waals surface area (Å²) in [5, 5.41) is 3.27. The van der Waals surface area contributed by atoms with Crippen LogP contribution in [0.4, 0.5) is 0 Å². The molecule has 4 heteroatoms.